The zero-order chi connectivity index (χ0) is 20.5. The molecule has 1 amide bonds. The SMILES string of the molecule is O=C(c1cc(=O)c2ccccc2o1)N1CCCC(Cc2nc(-c3ccsc3)no2)C1. The number of fused-ring (bicyclic) bond motifs is 1. The molecule has 0 aliphatic carbocycles. The van der Waals surface area contributed by atoms with Gasteiger partial charge in [0.15, 0.2) is 11.2 Å². The van der Waals surface area contributed by atoms with E-state index in [1.165, 1.54) is 6.07 Å². The number of thiophene rings is 1. The Labute approximate surface area is 175 Å². The van der Waals surface area contributed by atoms with Crippen LogP contribution >= 0.6 is 11.3 Å². The fourth-order valence-electron chi connectivity index (χ4n) is 3.87. The van der Waals surface area contributed by atoms with E-state index < -0.39 is 0 Å². The zero-order valence-electron chi connectivity index (χ0n) is 16.1. The number of aromatic nitrogens is 2. The minimum absolute atomic E-state index is 0.0804. The molecule has 152 valence electrons. The molecule has 7 nitrogen and oxygen atoms in total. The Morgan fingerprint density at radius 2 is 2.17 bits per heavy atom. The van der Waals surface area contributed by atoms with Crippen molar-refractivity contribution in [1.29, 1.82) is 0 Å². The Morgan fingerprint density at radius 1 is 1.27 bits per heavy atom. The van der Waals surface area contributed by atoms with Crippen molar-refractivity contribution in [2.45, 2.75) is 19.3 Å². The van der Waals surface area contributed by atoms with Crippen molar-refractivity contribution in [2.24, 2.45) is 5.92 Å². The maximum atomic E-state index is 13.0. The van der Waals surface area contributed by atoms with Gasteiger partial charge >= 0.3 is 0 Å². The third-order valence-corrected chi connectivity index (χ3v) is 6.05. The van der Waals surface area contributed by atoms with Crippen molar-refractivity contribution >= 4 is 28.2 Å². The lowest BCUT2D eigenvalue weighted by atomic mass is 9.94. The molecule has 1 unspecified atom stereocenters. The van der Waals surface area contributed by atoms with Crippen LogP contribution < -0.4 is 5.43 Å². The number of carbonyl (C=O) groups excluding carboxylic acids is 1. The number of carbonyl (C=O) groups is 1. The van der Waals surface area contributed by atoms with Gasteiger partial charge in [-0.15, -0.1) is 0 Å². The van der Waals surface area contributed by atoms with Gasteiger partial charge in [0.1, 0.15) is 5.58 Å². The van der Waals surface area contributed by atoms with Crippen LogP contribution in [0.3, 0.4) is 0 Å². The maximum Gasteiger partial charge on any atom is 0.289 e. The monoisotopic (exact) mass is 421 g/mol. The molecule has 0 radical (unpaired) electrons. The number of amides is 1. The highest BCUT2D eigenvalue weighted by Gasteiger charge is 2.28. The fourth-order valence-corrected chi connectivity index (χ4v) is 4.51. The topological polar surface area (TPSA) is 89.4 Å². The summed E-state index contributed by atoms with van der Waals surface area (Å²) in [5.74, 6) is 1.20. The summed E-state index contributed by atoms with van der Waals surface area (Å²) < 4.78 is 11.1. The summed E-state index contributed by atoms with van der Waals surface area (Å²) >= 11 is 1.59. The summed E-state index contributed by atoms with van der Waals surface area (Å²) in [5, 5.41) is 8.48. The minimum atomic E-state index is -0.257. The lowest BCUT2D eigenvalue weighted by Crippen LogP contribution is -2.40. The van der Waals surface area contributed by atoms with Crippen LogP contribution in [0.4, 0.5) is 0 Å². The van der Waals surface area contributed by atoms with Crippen LogP contribution in [0.5, 0.6) is 0 Å². The van der Waals surface area contributed by atoms with Crippen LogP contribution in [-0.2, 0) is 6.42 Å². The molecule has 5 rings (SSSR count). The number of para-hydroxylation sites is 1. The Kier molecular flexibility index (Phi) is 4.92. The lowest BCUT2D eigenvalue weighted by molar-refractivity contribution is 0.0636. The van der Waals surface area contributed by atoms with Crippen molar-refractivity contribution in [3.63, 3.8) is 0 Å². The first-order valence-electron chi connectivity index (χ1n) is 9.85. The van der Waals surface area contributed by atoms with Gasteiger partial charge in [-0.2, -0.15) is 16.3 Å². The molecular formula is C22H19N3O4S. The Hall–Kier alpha value is -3.26. The number of nitrogens with zero attached hydrogens (tertiary/aromatic N) is 3. The van der Waals surface area contributed by atoms with E-state index in [1.54, 1.807) is 40.5 Å². The predicted molar refractivity (Wildman–Crippen MR) is 112 cm³/mol. The van der Waals surface area contributed by atoms with Gasteiger partial charge in [-0.1, -0.05) is 17.3 Å². The molecule has 1 saturated heterocycles. The first-order valence-corrected chi connectivity index (χ1v) is 10.8. The molecule has 0 N–H and O–H groups in total. The minimum Gasteiger partial charge on any atom is -0.451 e. The molecule has 4 heterocycles. The van der Waals surface area contributed by atoms with Crippen LogP contribution in [0.15, 0.2) is 60.9 Å². The molecule has 0 bridgehead atoms. The number of likely N-dealkylation sites (tertiary alicyclic amines) is 1. The van der Waals surface area contributed by atoms with Crippen LogP contribution in [0.1, 0.15) is 29.3 Å². The van der Waals surface area contributed by atoms with E-state index in [9.17, 15) is 9.59 Å². The highest BCUT2D eigenvalue weighted by Crippen LogP contribution is 2.24. The molecule has 0 saturated carbocycles. The highest BCUT2D eigenvalue weighted by atomic mass is 32.1. The van der Waals surface area contributed by atoms with Crippen molar-refractivity contribution < 1.29 is 13.7 Å². The van der Waals surface area contributed by atoms with E-state index in [1.807, 2.05) is 16.8 Å². The van der Waals surface area contributed by atoms with Gasteiger partial charge in [0.05, 0.1) is 5.39 Å². The number of benzene rings is 1. The summed E-state index contributed by atoms with van der Waals surface area (Å²) in [6.45, 7) is 1.20. The van der Waals surface area contributed by atoms with Crippen molar-refractivity contribution in [3.8, 4) is 11.4 Å². The number of hydrogen-bond acceptors (Lipinski definition) is 7. The average molecular weight is 421 g/mol. The van der Waals surface area contributed by atoms with Gasteiger partial charge in [-0.05, 0) is 42.3 Å². The first kappa shape index (κ1) is 18.7. The normalized spacial score (nSPS) is 16.8. The van der Waals surface area contributed by atoms with Gasteiger partial charge in [0, 0.05) is 36.5 Å². The molecule has 8 heteroatoms. The second-order valence-corrected chi connectivity index (χ2v) is 8.24. The molecule has 0 spiro atoms. The van der Waals surface area contributed by atoms with Crippen LogP contribution in [0.25, 0.3) is 22.4 Å². The third-order valence-electron chi connectivity index (χ3n) is 5.36. The molecular weight excluding hydrogens is 402 g/mol. The van der Waals surface area contributed by atoms with Gasteiger partial charge in [-0.3, -0.25) is 9.59 Å². The smallest absolute Gasteiger partial charge is 0.289 e. The Balaban J connectivity index is 1.31. The zero-order valence-corrected chi connectivity index (χ0v) is 16.9. The van der Waals surface area contributed by atoms with E-state index in [2.05, 4.69) is 10.1 Å². The molecule has 1 atom stereocenters. The predicted octanol–water partition coefficient (Wildman–Crippen LogP) is 4.00. The summed E-state index contributed by atoms with van der Waals surface area (Å²) in [5.41, 5.74) is 1.16. The second kappa shape index (κ2) is 7.87. The Bertz CT molecular complexity index is 1240. The number of piperidine rings is 1. The molecule has 3 aromatic heterocycles. The largest absolute Gasteiger partial charge is 0.451 e. The first-order chi connectivity index (χ1) is 14.7. The van der Waals surface area contributed by atoms with Crippen molar-refractivity contribution in [1.82, 2.24) is 15.0 Å². The highest BCUT2D eigenvalue weighted by molar-refractivity contribution is 7.08. The van der Waals surface area contributed by atoms with Crippen molar-refractivity contribution in [3.05, 3.63) is 69.0 Å². The average Bonchev–Trinajstić information content (AvgIpc) is 3.45. The number of rotatable bonds is 4. The second-order valence-electron chi connectivity index (χ2n) is 7.46. The van der Waals surface area contributed by atoms with Gasteiger partial charge in [-0.25, -0.2) is 0 Å². The van der Waals surface area contributed by atoms with Gasteiger partial charge < -0.3 is 13.8 Å². The lowest BCUT2D eigenvalue weighted by Gasteiger charge is -2.31. The Morgan fingerprint density at radius 3 is 3.03 bits per heavy atom. The molecule has 30 heavy (non-hydrogen) atoms. The quantitative estimate of drug-likeness (QED) is 0.495. The summed E-state index contributed by atoms with van der Waals surface area (Å²) in [6.07, 6.45) is 2.46. The molecule has 1 fully saturated rings. The molecule has 1 aliphatic heterocycles. The molecule has 4 aromatic rings. The fraction of sp³-hybridized carbons (Fsp3) is 0.273. The van der Waals surface area contributed by atoms with Gasteiger partial charge in [0.2, 0.25) is 11.7 Å². The summed E-state index contributed by atoms with van der Waals surface area (Å²) in [7, 11) is 0. The van der Waals surface area contributed by atoms with Crippen LogP contribution in [-0.4, -0.2) is 34.0 Å². The third kappa shape index (κ3) is 3.66. The maximum absolute atomic E-state index is 13.0. The summed E-state index contributed by atoms with van der Waals surface area (Å²) in [6, 6.07) is 10.2. The summed E-state index contributed by atoms with van der Waals surface area (Å²) in [4.78, 5) is 31.6. The molecule has 1 aromatic carbocycles. The standard InChI is InChI=1S/C22H19N3O4S/c26-17-11-19(28-18-6-2-1-5-16(17)18)22(27)25-8-3-4-14(12-25)10-20-23-21(24-29-20)15-7-9-30-13-15/h1-2,5-7,9,11,13-14H,3-4,8,10,12H2. The molecule has 1 aliphatic rings. The van der Waals surface area contributed by atoms with E-state index in [0.29, 0.717) is 42.2 Å². The van der Waals surface area contributed by atoms with Crippen LogP contribution in [0.2, 0.25) is 0 Å². The van der Waals surface area contributed by atoms with Gasteiger partial charge in [0.25, 0.3) is 5.91 Å². The van der Waals surface area contributed by atoms with E-state index in [0.717, 1.165) is 18.4 Å². The van der Waals surface area contributed by atoms with Crippen molar-refractivity contribution in [2.75, 3.05) is 13.1 Å². The van der Waals surface area contributed by atoms with E-state index in [-0.39, 0.29) is 23.0 Å². The van der Waals surface area contributed by atoms with E-state index >= 15 is 0 Å². The van der Waals surface area contributed by atoms with Crippen LogP contribution in [0, 0.1) is 5.92 Å². The van der Waals surface area contributed by atoms with E-state index in [4.69, 9.17) is 8.94 Å². The number of hydrogen-bond donors (Lipinski definition) is 0.